The number of benzene rings is 2. The van der Waals surface area contributed by atoms with E-state index in [0.717, 1.165) is 0 Å². The van der Waals surface area contributed by atoms with E-state index in [1.54, 1.807) is 24.3 Å². The Balaban J connectivity index is 2.29. The van der Waals surface area contributed by atoms with Crippen molar-refractivity contribution in [2.45, 2.75) is 0 Å². The first-order chi connectivity index (χ1) is 8.60. The number of halogens is 2. The predicted molar refractivity (Wildman–Crippen MR) is 70.3 cm³/mol. The molecule has 2 aromatic rings. The molecule has 0 spiro atoms. The van der Waals surface area contributed by atoms with Crippen LogP contribution in [0.15, 0.2) is 36.4 Å². The molecule has 0 aliphatic heterocycles. The molecule has 0 fully saturated rings. The third kappa shape index (κ3) is 2.53. The van der Waals surface area contributed by atoms with Crippen molar-refractivity contribution in [1.82, 2.24) is 0 Å². The van der Waals surface area contributed by atoms with Crippen LogP contribution in [0.3, 0.4) is 0 Å². The summed E-state index contributed by atoms with van der Waals surface area (Å²) in [7, 11) is 0. The predicted octanol–water partition coefficient (Wildman–Crippen LogP) is 3.68. The maximum Gasteiger partial charge on any atom is 0.148 e. The molecule has 90 valence electrons. The van der Waals surface area contributed by atoms with Gasteiger partial charge in [0.15, 0.2) is 0 Å². The molecular weight excluding hydrogens is 253 g/mol. The van der Waals surface area contributed by atoms with Crippen LogP contribution in [-0.4, -0.2) is 0 Å². The average Bonchev–Trinajstić information content (AvgIpc) is 2.33. The molecule has 0 radical (unpaired) electrons. The highest BCUT2D eigenvalue weighted by Crippen LogP contribution is 2.25. The summed E-state index contributed by atoms with van der Waals surface area (Å²) in [6, 6.07) is 11.1. The van der Waals surface area contributed by atoms with Crippen molar-refractivity contribution in [1.29, 1.82) is 5.26 Å². The van der Waals surface area contributed by atoms with Gasteiger partial charge in [-0.1, -0.05) is 11.6 Å². The lowest BCUT2D eigenvalue weighted by molar-refractivity contribution is 0.632. The van der Waals surface area contributed by atoms with E-state index in [4.69, 9.17) is 22.6 Å². The minimum atomic E-state index is -0.453. The number of nitrogens with two attached hydrogens (primary N) is 1. The van der Waals surface area contributed by atoms with Crippen molar-refractivity contribution in [2.75, 3.05) is 11.1 Å². The fourth-order valence-electron chi connectivity index (χ4n) is 1.49. The number of nitriles is 1. The molecule has 0 bridgehead atoms. The molecule has 0 unspecified atom stereocenters. The largest absolute Gasteiger partial charge is 0.398 e. The van der Waals surface area contributed by atoms with Crippen LogP contribution in [-0.2, 0) is 0 Å². The number of hydrogen-bond acceptors (Lipinski definition) is 3. The second-order valence-corrected chi connectivity index (χ2v) is 4.10. The Bertz CT molecular complexity index is 635. The minimum Gasteiger partial charge on any atom is -0.398 e. The molecule has 5 heteroatoms. The van der Waals surface area contributed by atoms with Crippen molar-refractivity contribution in [3.05, 3.63) is 52.8 Å². The summed E-state index contributed by atoms with van der Waals surface area (Å²) < 4.78 is 13.6. The smallest absolute Gasteiger partial charge is 0.148 e. The van der Waals surface area contributed by atoms with Crippen LogP contribution in [0.25, 0.3) is 0 Å². The van der Waals surface area contributed by atoms with Crippen molar-refractivity contribution in [2.24, 2.45) is 0 Å². The lowest BCUT2D eigenvalue weighted by atomic mass is 10.1. The second kappa shape index (κ2) is 4.94. The van der Waals surface area contributed by atoms with Gasteiger partial charge in [-0.3, -0.25) is 0 Å². The summed E-state index contributed by atoms with van der Waals surface area (Å²) in [6.07, 6.45) is 0. The Morgan fingerprint density at radius 3 is 2.61 bits per heavy atom. The highest BCUT2D eigenvalue weighted by Gasteiger charge is 2.05. The molecule has 0 saturated heterocycles. The highest BCUT2D eigenvalue weighted by molar-refractivity contribution is 6.30. The van der Waals surface area contributed by atoms with E-state index in [2.05, 4.69) is 5.32 Å². The summed E-state index contributed by atoms with van der Waals surface area (Å²) in [5.41, 5.74) is 7.30. The summed E-state index contributed by atoms with van der Waals surface area (Å²) in [5, 5.41) is 11.9. The molecule has 0 heterocycles. The Morgan fingerprint density at radius 2 is 2.00 bits per heavy atom. The van der Waals surface area contributed by atoms with Gasteiger partial charge in [0.1, 0.15) is 11.9 Å². The van der Waals surface area contributed by atoms with Gasteiger partial charge in [0.05, 0.1) is 16.9 Å². The van der Waals surface area contributed by atoms with Crippen LogP contribution in [0.4, 0.5) is 21.5 Å². The van der Waals surface area contributed by atoms with E-state index in [-0.39, 0.29) is 0 Å². The number of hydrogen-bond donors (Lipinski definition) is 2. The third-order valence-corrected chi connectivity index (χ3v) is 2.62. The van der Waals surface area contributed by atoms with Gasteiger partial charge in [0, 0.05) is 10.7 Å². The first-order valence-electron chi connectivity index (χ1n) is 5.12. The summed E-state index contributed by atoms with van der Waals surface area (Å²) in [4.78, 5) is 0. The van der Waals surface area contributed by atoms with Crippen LogP contribution < -0.4 is 11.1 Å². The van der Waals surface area contributed by atoms with Crippen molar-refractivity contribution >= 4 is 28.7 Å². The van der Waals surface area contributed by atoms with Gasteiger partial charge in [-0.15, -0.1) is 0 Å². The number of nitrogens with zero attached hydrogens (tertiary/aromatic N) is 1. The fraction of sp³-hybridized carbons (Fsp3) is 0. The van der Waals surface area contributed by atoms with Crippen LogP contribution in [0.1, 0.15) is 5.56 Å². The van der Waals surface area contributed by atoms with E-state index in [9.17, 15) is 4.39 Å². The van der Waals surface area contributed by atoms with Crippen molar-refractivity contribution in [3.8, 4) is 6.07 Å². The molecule has 0 saturated carbocycles. The molecule has 2 rings (SSSR count). The molecule has 3 nitrogen and oxygen atoms in total. The van der Waals surface area contributed by atoms with Crippen LogP contribution in [0.2, 0.25) is 5.02 Å². The van der Waals surface area contributed by atoms with Gasteiger partial charge in [-0.05, 0) is 36.4 Å². The molecular formula is C13H9ClFN3. The van der Waals surface area contributed by atoms with Gasteiger partial charge >= 0.3 is 0 Å². The number of nitrogen functional groups attached to an aromatic ring is 1. The van der Waals surface area contributed by atoms with E-state index in [0.29, 0.717) is 27.6 Å². The zero-order valence-electron chi connectivity index (χ0n) is 9.24. The first-order valence-corrected chi connectivity index (χ1v) is 5.49. The first kappa shape index (κ1) is 12.2. The molecule has 0 aromatic heterocycles. The Kier molecular flexibility index (Phi) is 3.35. The molecule has 0 amide bonds. The standard InChI is InChI=1S/C13H9ClFN3/c14-9-2-4-13(11(15)5-9)18-10-3-1-8(7-16)12(17)6-10/h1-6,18H,17H2. The topological polar surface area (TPSA) is 61.8 Å². The molecule has 2 aromatic carbocycles. The van der Waals surface area contributed by atoms with Gasteiger partial charge in [-0.2, -0.15) is 5.26 Å². The van der Waals surface area contributed by atoms with E-state index < -0.39 is 5.82 Å². The quantitative estimate of drug-likeness (QED) is 0.811. The maximum atomic E-state index is 13.6. The van der Waals surface area contributed by atoms with E-state index in [1.807, 2.05) is 6.07 Å². The van der Waals surface area contributed by atoms with E-state index >= 15 is 0 Å². The van der Waals surface area contributed by atoms with Gasteiger partial charge in [0.2, 0.25) is 0 Å². The van der Waals surface area contributed by atoms with Crippen LogP contribution in [0, 0.1) is 17.1 Å². The van der Waals surface area contributed by atoms with Crippen molar-refractivity contribution < 1.29 is 4.39 Å². The zero-order chi connectivity index (χ0) is 13.1. The van der Waals surface area contributed by atoms with Crippen molar-refractivity contribution in [3.63, 3.8) is 0 Å². The van der Waals surface area contributed by atoms with Gasteiger partial charge in [0.25, 0.3) is 0 Å². The Labute approximate surface area is 109 Å². The fourth-order valence-corrected chi connectivity index (χ4v) is 1.65. The lowest BCUT2D eigenvalue weighted by Gasteiger charge is -2.09. The molecule has 0 aliphatic rings. The SMILES string of the molecule is N#Cc1ccc(Nc2ccc(Cl)cc2F)cc1N. The Morgan fingerprint density at radius 1 is 1.22 bits per heavy atom. The van der Waals surface area contributed by atoms with Crippen LogP contribution in [0.5, 0.6) is 0 Å². The van der Waals surface area contributed by atoms with Crippen LogP contribution >= 0.6 is 11.6 Å². The zero-order valence-corrected chi connectivity index (χ0v) is 10.0. The molecule has 18 heavy (non-hydrogen) atoms. The highest BCUT2D eigenvalue weighted by atomic mass is 35.5. The normalized spacial score (nSPS) is 9.83. The monoisotopic (exact) mass is 261 g/mol. The van der Waals surface area contributed by atoms with E-state index in [1.165, 1.54) is 12.1 Å². The molecule has 0 aliphatic carbocycles. The van der Waals surface area contributed by atoms with Gasteiger partial charge in [-0.25, -0.2) is 4.39 Å². The number of nitrogens with one attached hydrogen (secondary N) is 1. The summed E-state index contributed by atoms with van der Waals surface area (Å²) >= 11 is 5.66. The average molecular weight is 262 g/mol. The Hall–Kier alpha value is -2.25. The molecule has 3 N–H and O–H groups in total. The summed E-state index contributed by atoms with van der Waals surface area (Å²) in [6.45, 7) is 0. The van der Waals surface area contributed by atoms with Gasteiger partial charge < -0.3 is 11.1 Å². The number of rotatable bonds is 2. The maximum absolute atomic E-state index is 13.6. The molecule has 0 atom stereocenters. The third-order valence-electron chi connectivity index (χ3n) is 2.38. The minimum absolute atomic E-state index is 0.295. The lowest BCUT2D eigenvalue weighted by Crippen LogP contribution is -1.96. The summed E-state index contributed by atoms with van der Waals surface area (Å²) in [5.74, 6) is -0.453. The number of anilines is 3. The second-order valence-electron chi connectivity index (χ2n) is 3.66.